The highest BCUT2D eigenvalue weighted by atomic mass is 35.5. The van der Waals surface area contributed by atoms with Crippen LogP contribution in [0.4, 0.5) is 0 Å². The van der Waals surface area contributed by atoms with E-state index in [4.69, 9.17) is 11.6 Å². The molecule has 0 N–H and O–H groups in total. The number of rotatable bonds is 1. The second-order valence-corrected chi connectivity index (χ2v) is 3.02. The van der Waals surface area contributed by atoms with Crippen molar-refractivity contribution in [1.82, 2.24) is 0 Å². The zero-order valence-electron chi connectivity index (χ0n) is 5.95. The Hall–Kier alpha value is -0.900. The molecule has 0 fully saturated rings. The van der Waals surface area contributed by atoms with Crippen LogP contribution < -0.4 is 0 Å². The first-order valence-electron chi connectivity index (χ1n) is 3.08. The van der Waals surface area contributed by atoms with Gasteiger partial charge in [0.1, 0.15) is 6.54 Å². The monoisotopic (exact) mass is 174 g/mol. The van der Waals surface area contributed by atoms with Crippen LogP contribution in [0.3, 0.4) is 0 Å². The van der Waals surface area contributed by atoms with Gasteiger partial charge in [-0.3, -0.25) is 15.1 Å². The lowest BCUT2D eigenvalue weighted by Gasteiger charge is -2.14. The largest absolute Gasteiger partial charge is 0.333 e. The fourth-order valence-corrected chi connectivity index (χ4v) is 0.831. The average molecular weight is 175 g/mol. The molecular weight excluding hydrogens is 168 g/mol. The summed E-state index contributed by atoms with van der Waals surface area (Å²) in [6.45, 7) is 1.79. The van der Waals surface area contributed by atoms with Gasteiger partial charge in [-0.25, -0.2) is 0 Å². The number of allylic oxidation sites excluding steroid dienone is 1. The minimum Gasteiger partial charge on any atom is -0.281 e. The predicted octanol–water partition coefficient (Wildman–Crippen LogP) is 1.23. The van der Waals surface area contributed by atoms with Crippen molar-refractivity contribution in [3.8, 4) is 0 Å². The summed E-state index contributed by atoms with van der Waals surface area (Å²) in [6, 6.07) is 0. The van der Waals surface area contributed by atoms with Gasteiger partial charge in [-0.15, -0.1) is 0 Å². The number of halogens is 1. The van der Waals surface area contributed by atoms with Crippen LogP contribution in [0.25, 0.3) is 0 Å². The van der Waals surface area contributed by atoms with Crippen LogP contribution in [0.5, 0.6) is 0 Å². The van der Waals surface area contributed by atoms with Gasteiger partial charge < -0.3 is 0 Å². The normalized spacial score (nSPS) is 29.8. The van der Waals surface area contributed by atoms with Crippen molar-refractivity contribution >= 4 is 17.3 Å². The Kier molecular flexibility index (Phi) is 1.95. The van der Waals surface area contributed by atoms with Gasteiger partial charge in [0.15, 0.2) is 0 Å². The zero-order valence-corrected chi connectivity index (χ0v) is 6.71. The molecular formula is C6H7ClN2O2. The lowest BCUT2D eigenvalue weighted by atomic mass is 10.2. The summed E-state index contributed by atoms with van der Waals surface area (Å²) in [6.07, 6.45) is 2.91. The van der Waals surface area contributed by atoms with Crippen molar-refractivity contribution in [2.24, 2.45) is 4.99 Å². The number of hydrogen-bond donors (Lipinski definition) is 0. The first-order valence-corrected chi connectivity index (χ1v) is 3.46. The van der Waals surface area contributed by atoms with Gasteiger partial charge in [-0.2, -0.15) is 0 Å². The third kappa shape index (κ3) is 1.57. The van der Waals surface area contributed by atoms with E-state index in [1.54, 1.807) is 13.0 Å². The quantitative estimate of drug-likeness (QED) is 0.260. The first kappa shape index (κ1) is 8.20. The molecule has 0 saturated carbocycles. The molecule has 60 valence electrons. The topological polar surface area (TPSA) is 55.5 Å². The van der Waals surface area contributed by atoms with Gasteiger partial charge in [-0.1, -0.05) is 0 Å². The molecule has 0 aromatic carbocycles. The molecule has 1 rings (SSSR count). The number of alkyl halides is 1. The molecule has 0 radical (unpaired) electrons. The Morgan fingerprint density at radius 3 is 2.91 bits per heavy atom. The standard InChI is InChI=1S/C6H7ClN2O2/c1-5-2-3-6(7,4-8-5)9(10)11/h2-3H,4H2,1H3. The predicted molar refractivity (Wildman–Crippen MR) is 42.7 cm³/mol. The summed E-state index contributed by atoms with van der Waals surface area (Å²) in [5, 5.41) is 10.3. The fraction of sp³-hybridized carbons (Fsp3) is 0.500. The van der Waals surface area contributed by atoms with E-state index in [1.807, 2.05) is 0 Å². The molecule has 0 bridgehead atoms. The van der Waals surface area contributed by atoms with Crippen molar-refractivity contribution in [3.05, 3.63) is 22.3 Å². The number of nitrogens with zero attached hydrogens (tertiary/aromatic N) is 2. The molecule has 11 heavy (non-hydrogen) atoms. The second-order valence-electron chi connectivity index (χ2n) is 2.37. The van der Waals surface area contributed by atoms with E-state index in [2.05, 4.69) is 4.99 Å². The highest BCUT2D eigenvalue weighted by molar-refractivity contribution is 6.24. The van der Waals surface area contributed by atoms with Crippen LogP contribution in [0.15, 0.2) is 17.1 Å². The van der Waals surface area contributed by atoms with E-state index >= 15 is 0 Å². The number of aliphatic imine (C=N–C) groups is 1. The Bertz CT molecular complexity index is 249. The van der Waals surface area contributed by atoms with Crippen LogP contribution in [-0.2, 0) is 0 Å². The zero-order chi connectivity index (χ0) is 8.48. The third-order valence-corrected chi connectivity index (χ3v) is 1.82. The Morgan fingerprint density at radius 2 is 2.55 bits per heavy atom. The van der Waals surface area contributed by atoms with E-state index in [9.17, 15) is 10.1 Å². The summed E-state index contributed by atoms with van der Waals surface area (Å²) < 4.78 is 0. The Balaban J connectivity index is 2.82. The summed E-state index contributed by atoms with van der Waals surface area (Å²) in [7, 11) is 0. The SMILES string of the molecule is CC1=NCC(Cl)([N+](=O)[O-])C=C1. The van der Waals surface area contributed by atoms with Gasteiger partial charge in [0, 0.05) is 16.7 Å². The molecule has 1 aliphatic heterocycles. The van der Waals surface area contributed by atoms with E-state index in [1.165, 1.54) is 6.08 Å². The Morgan fingerprint density at radius 1 is 1.91 bits per heavy atom. The van der Waals surface area contributed by atoms with Crippen molar-refractivity contribution < 1.29 is 4.92 Å². The highest BCUT2D eigenvalue weighted by Crippen LogP contribution is 2.21. The number of dihydropyridines is 1. The van der Waals surface area contributed by atoms with Crippen LogP contribution in [0, 0.1) is 10.1 Å². The van der Waals surface area contributed by atoms with Crippen LogP contribution in [0.2, 0.25) is 0 Å². The molecule has 0 aliphatic carbocycles. The molecule has 4 nitrogen and oxygen atoms in total. The average Bonchev–Trinajstić information content (AvgIpc) is 1.95. The first-order chi connectivity index (χ1) is 5.04. The van der Waals surface area contributed by atoms with Gasteiger partial charge in [0.25, 0.3) is 0 Å². The molecule has 5 heteroatoms. The lowest BCUT2D eigenvalue weighted by Crippen LogP contribution is -2.35. The van der Waals surface area contributed by atoms with Crippen molar-refractivity contribution in [1.29, 1.82) is 0 Å². The maximum absolute atomic E-state index is 10.3. The smallest absolute Gasteiger partial charge is 0.281 e. The van der Waals surface area contributed by atoms with Crippen molar-refractivity contribution in [2.75, 3.05) is 6.54 Å². The van der Waals surface area contributed by atoms with E-state index in [0.29, 0.717) is 0 Å². The lowest BCUT2D eigenvalue weighted by molar-refractivity contribution is -0.524. The molecule has 0 saturated heterocycles. The van der Waals surface area contributed by atoms with Crippen LogP contribution in [0.1, 0.15) is 6.92 Å². The van der Waals surface area contributed by atoms with Gasteiger partial charge in [0.2, 0.25) is 0 Å². The minimum absolute atomic E-state index is 0.0177. The maximum atomic E-state index is 10.3. The molecule has 0 amide bonds. The highest BCUT2D eigenvalue weighted by Gasteiger charge is 2.38. The minimum atomic E-state index is -1.51. The summed E-state index contributed by atoms with van der Waals surface area (Å²) >= 11 is 5.58. The van der Waals surface area contributed by atoms with E-state index < -0.39 is 9.92 Å². The number of nitro groups is 1. The summed E-state index contributed by atoms with van der Waals surface area (Å²) in [5.74, 6) is 0. The third-order valence-electron chi connectivity index (χ3n) is 1.43. The second kappa shape index (κ2) is 2.62. The fourth-order valence-electron chi connectivity index (χ4n) is 0.708. The van der Waals surface area contributed by atoms with Crippen molar-refractivity contribution in [3.63, 3.8) is 0 Å². The van der Waals surface area contributed by atoms with Gasteiger partial charge in [0.05, 0.1) is 0 Å². The number of hydrogen-bond acceptors (Lipinski definition) is 3. The molecule has 1 aliphatic rings. The maximum Gasteiger partial charge on any atom is 0.333 e. The Labute approximate surface area is 68.7 Å². The van der Waals surface area contributed by atoms with Crippen LogP contribution in [-0.4, -0.2) is 22.2 Å². The molecule has 0 aromatic heterocycles. The summed E-state index contributed by atoms with van der Waals surface area (Å²) in [5.41, 5.74) is 0.767. The van der Waals surface area contributed by atoms with Gasteiger partial charge in [-0.05, 0) is 24.6 Å². The van der Waals surface area contributed by atoms with E-state index in [0.717, 1.165) is 5.71 Å². The van der Waals surface area contributed by atoms with Crippen molar-refractivity contribution in [2.45, 2.75) is 11.9 Å². The van der Waals surface area contributed by atoms with Crippen LogP contribution >= 0.6 is 11.6 Å². The summed E-state index contributed by atoms with van der Waals surface area (Å²) in [4.78, 5) is 12.1. The van der Waals surface area contributed by atoms with Gasteiger partial charge >= 0.3 is 5.00 Å². The molecule has 1 atom stereocenters. The van der Waals surface area contributed by atoms with E-state index in [-0.39, 0.29) is 6.54 Å². The molecule has 1 unspecified atom stereocenters. The molecule has 0 spiro atoms. The molecule has 0 aromatic rings. The molecule has 1 heterocycles.